The summed E-state index contributed by atoms with van der Waals surface area (Å²) in [4.78, 5) is 20.9. The molecule has 6 heteroatoms. The first-order valence-corrected chi connectivity index (χ1v) is 7.31. The molecule has 0 atom stereocenters. The lowest BCUT2D eigenvalue weighted by atomic mass is 10.2. The monoisotopic (exact) mass is 320 g/mol. The fraction of sp³-hybridized carbons (Fsp3) is 0.412. The number of carboxylic acid groups (broad SMARTS) is 2. The Labute approximate surface area is 135 Å². The van der Waals surface area contributed by atoms with Crippen LogP contribution in [0.5, 0.6) is 0 Å². The summed E-state index contributed by atoms with van der Waals surface area (Å²) in [5.41, 5.74) is 0.806. The van der Waals surface area contributed by atoms with Gasteiger partial charge in [-0.2, -0.15) is 0 Å². The SMILES string of the molecule is O=C(O)CCCOC(C#Cc1ccccc1)OCCCC(=O)O. The third kappa shape index (κ3) is 10.1. The van der Waals surface area contributed by atoms with E-state index in [0.717, 1.165) is 5.56 Å². The third-order valence-corrected chi connectivity index (χ3v) is 2.72. The van der Waals surface area contributed by atoms with E-state index in [-0.39, 0.29) is 26.1 Å². The number of carboxylic acids is 2. The molecule has 0 aliphatic carbocycles. The fourth-order valence-corrected chi connectivity index (χ4v) is 1.62. The summed E-state index contributed by atoms with van der Waals surface area (Å²) in [5.74, 6) is 3.96. The van der Waals surface area contributed by atoms with E-state index in [1.807, 2.05) is 30.3 Å². The summed E-state index contributed by atoms with van der Waals surface area (Å²) in [6, 6.07) is 9.30. The first kappa shape index (κ1) is 18.7. The molecule has 0 fully saturated rings. The van der Waals surface area contributed by atoms with Crippen LogP contribution in [0.1, 0.15) is 31.2 Å². The minimum atomic E-state index is -0.886. The van der Waals surface area contributed by atoms with Gasteiger partial charge in [-0.3, -0.25) is 9.59 Å². The molecule has 0 saturated heterocycles. The molecule has 0 aliphatic rings. The molecular formula is C17H20O6. The highest BCUT2D eigenvalue weighted by Gasteiger charge is 2.07. The Kier molecular flexibility index (Phi) is 9.13. The average molecular weight is 320 g/mol. The lowest BCUT2D eigenvalue weighted by molar-refractivity contribution is -0.139. The van der Waals surface area contributed by atoms with Crippen LogP contribution in [0.4, 0.5) is 0 Å². The van der Waals surface area contributed by atoms with Gasteiger partial charge in [-0.05, 0) is 30.9 Å². The van der Waals surface area contributed by atoms with Crippen LogP contribution in [0.3, 0.4) is 0 Å². The van der Waals surface area contributed by atoms with Gasteiger partial charge >= 0.3 is 11.9 Å². The first-order valence-electron chi connectivity index (χ1n) is 7.31. The van der Waals surface area contributed by atoms with Gasteiger partial charge in [-0.15, -0.1) is 0 Å². The second kappa shape index (κ2) is 11.2. The van der Waals surface area contributed by atoms with E-state index in [1.54, 1.807) is 0 Å². The number of aliphatic carboxylic acids is 2. The number of carbonyl (C=O) groups is 2. The van der Waals surface area contributed by atoms with Crippen LogP contribution in [-0.4, -0.2) is 41.7 Å². The van der Waals surface area contributed by atoms with E-state index in [9.17, 15) is 9.59 Å². The number of hydrogen-bond donors (Lipinski definition) is 2. The van der Waals surface area contributed by atoms with Crippen molar-refractivity contribution in [1.29, 1.82) is 0 Å². The number of ether oxygens (including phenoxy) is 2. The molecule has 1 rings (SSSR count). The van der Waals surface area contributed by atoms with Crippen molar-refractivity contribution in [3.63, 3.8) is 0 Å². The molecule has 0 heterocycles. The van der Waals surface area contributed by atoms with Crippen LogP contribution in [0.2, 0.25) is 0 Å². The molecule has 6 nitrogen and oxygen atoms in total. The number of benzene rings is 1. The van der Waals surface area contributed by atoms with E-state index in [4.69, 9.17) is 19.7 Å². The smallest absolute Gasteiger partial charge is 0.303 e. The van der Waals surface area contributed by atoms with Crippen molar-refractivity contribution < 1.29 is 29.3 Å². The largest absolute Gasteiger partial charge is 0.481 e. The van der Waals surface area contributed by atoms with Crippen LogP contribution in [0.25, 0.3) is 0 Å². The van der Waals surface area contributed by atoms with Crippen LogP contribution in [-0.2, 0) is 19.1 Å². The number of rotatable bonds is 10. The Bertz CT molecular complexity index is 521. The maximum absolute atomic E-state index is 10.5. The lowest BCUT2D eigenvalue weighted by Crippen LogP contribution is -2.17. The van der Waals surface area contributed by atoms with Gasteiger partial charge in [0.1, 0.15) is 0 Å². The van der Waals surface area contributed by atoms with Gasteiger partial charge in [0, 0.05) is 18.4 Å². The molecule has 0 radical (unpaired) electrons. The number of hydrogen-bond acceptors (Lipinski definition) is 4. The van der Waals surface area contributed by atoms with Crippen molar-refractivity contribution in [1.82, 2.24) is 0 Å². The Balaban J connectivity index is 2.48. The maximum Gasteiger partial charge on any atom is 0.303 e. The van der Waals surface area contributed by atoms with Gasteiger partial charge in [0.15, 0.2) is 0 Å². The van der Waals surface area contributed by atoms with Gasteiger partial charge in [-0.1, -0.05) is 24.1 Å². The van der Waals surface area contributed by atoms with Gasteiger partial charge < -0.3 is 19.7 Å². The van der Waals surface area contributed by atoms with Gasteiger partial charge in [0.2, 0.25) is 6.29 Å². The van der Waals surface area contributed by atoms with Crippen molar-refractivity contribution in [2.24, 2.45) is 0 Å². The second-order valence-corrected chi connectivity index (χ2v) is 4.70. The molecule has 1 aromatic carbocycles. The molecule has 124 valence electrons. The summed E-state index contributed by atoms with van der Waals surface area (Å²) in [7, 11) is 0. The maximum atomic E-state index is 10.5. The Hall–Kier alpha value is -2.36. The van der Waals surface area contributed by atoms with E-state index >= 15 is 0 Å². The zero-order chi connectivity index (χ0) is 16.9. The van der Waals surface area contributed by atoms with Crippen molar-refractivity contribution >= 4 is 11.9 Å². The summed E-state index contributed by atoms with van der Waals surface area (Å²) in [6.45, 7) is 0.415. The zero-order valence-electron chi connectivity index (χ0n) is 12.7. The zero-order valence-corrected chi connectivity index (χ0v) is 12.7. The summed E-state index contributed by atoms with van der Waals surface area (Å²) in [6.07, 6.45) is -0.0672. The molecule has 0 spiro atoms. The second-order valence-electron chi connectivity index (χ2n) is 4.70. The van der Waals surface area contributed by atoms with E-state index < -0.39 is 18.2 Å². The Morgan fingerprint density at radius 2 is 1.48 bits per heavy atom. The topological polar surface area (TPSA) is 93.1 Å². The highest BCUT2D eigenvalue weighted by molar-refractivity contribution is 5.66. The van der Waals surface area contributed by atoms with Crippen molar-refractivity contribution in [3.8, 4) is 11.8 Å². The highest BCUT2D eigenvalue weighted by atomic mass is 16.7. The van der Waals surface area contributed by atoms with Gasteiger partial charge in [-0.25, -0.2) is 0 Å². The van der Waals surface area contributed by atoms with Crippen LogP contribution >= 0.6 is 0 Å². The summed E-state index contributed by atoms with van der Waals surface area (Å²) in [5, 5.41) is 17.2. The molecule has 1 aromatic rings. The molecule has 23 heavy (non-hydrogen) atoms. The molecule has 0 unspecified atom stereocenters. The highest BCUT2D eigenvalue weighted by Crippen LogP contribution is 2.02. The molecule has 0 saturated carbocycles. The van der Waals surface area contributed by atoms with E-state index in [1.165, 1.54) is 0 Å². The van der Waals surface area contributed by atoms with Crippen LogP contribution in [0.15, 0.2) is 30.3 Å². The first-order chi connectivity index (χ1) is 11.1. The lowest BCUT2D eigenvalue weighted by Gasteiger charge is -2.12. The van der Waals surface area contributed by atoms with Crippen LogP contribution < -0.4 is 0 Å². The molecule has 2 N–H and O–H groups in total. The van der Waals surface area contributed by atoms with Crippen molar-refractivity contribution in [3.05, 3.63) is 35.9 Å². The third-order valence-electron chi connectivity index (χ3n) is 2.72. The van der Waals surface area contributed by atoms with Crippen molar-refractivity contribution in [2.75, 3.05) is 13.2 Å². The minimum absolute atomic E-state index is 0.0118. The average Bonchev–Trinajstić information content (AvgIpc) is 2.52. The molecule has 0 aliphatic heterocycles. The molecular weight excluding hydrogens is 300 g/mol. The Morgan fingerprint density at radius 1 is 0.957 bits per heavy atom. The standard InChI is InChI=1S/C17H20O6/c18-15(19)8-4-12-22-17(23-13-5-9-16(20)21)11-10-14-6-2-1-3-7-14/h1-3,6-7,17H,4-5,8-9,12-13H2,(H,18,19)(H,20,21). The summed E-state index contributed by atoms with van der Waals surface area (Å²) >= 11 is 0. The molecule has 0 aromatic heterocycles. The van der Waals surface area contributed by atoms with Gasteiger partial charge in [0.25, 0.3) is 0 Å². The predicted molar refractivity (Wildman–Crippen MR) is 82.8 cm³/mol. The normalized spacial score (nSPS) is 10.1. The fourth-order valence-electron chi connectivity index (χ4n) is 1.62. The molecule has 0 bridgehead atoms. The van der Waals surface area contributed by atoms with Gasteiger partial charge in [0.05, 0.1) is 13.2 Å². The predicted octanol–water partition coefficient (Wildman–Crippen LogP) is 2.13. The van der Waals surface area contributed by atoms with Crippen LogP contribution in [0, 0.1) is 11.8 Å². The quantitative estimate of drug-likeness (QED) is 0.390. The van der Waals surface area contributed by atoms with E-state index in [0.29, 0.717) is 12.8 Å². The Morgan fingerprint density at radius 3 is 1.96 bits per heavy atom. The van der Waals surface area contributed by atoms with E-state index in [2.05, 4.69) is 11.8 Å². The molecule has 0 amide bonds. The summed E-state index contributed by atoms with van der Waals surface area (Å²) < 4.78 is 10.8. The van der Waals surface area contributed by atoms with Crippen molar-refractivity contribution in [2.45, 2.75) is 32.0 Å². The minimum Gasteiger partial charge on any atom is -0.481 e.